The van der Waals surface area contributed by atoms with Crippen molar-refractivity contribution in [1.82, 2.24) is 4.90 Å². The Hall–Kier alpha value is -4.85. The minimum atomic E-state index is -0.520. The molecule has 6 rings (SSSR count). The molecule has 6 heteroatoms. The molecule has 5 aromatic rings. The molecule has 5 aromatic carbocycles. The van der Waals surface area contributed by atoms with Crippen molar-refractivity contribution in [2.24, 2.45) is 0 Å². The SMILES string of the molecule is C=CC[C@H]1[C@H](OCc2ccccc2)[C@@H](OCc2ccccc2)[C@H](OCc2ccccc2)[C@@H](COC(=O)c2ccccc2)N1Cc1ccccc1. The maximum Gasteiger partial charge on any atom is 0.338 e. The molecule has 50 heavy (non-hydrogen) atoms. The lowest BCUT2D eigenvalue weighted by Crippen LogP contribution is -2.68. The Balaban J connectivity index is 1.41. The van der Waals surface area contributed by atoms with Crippen LogP contribution in [0.2, 0.25) is 0 Å². The van der Waals surface area contributed by atoms with E-state index in [1.165, 1.54) is 0 Å². The summed E-state index contributed by atoms with van der Waals surface area (Å²) in [6.45, 7) is 5.99. The summed E-state index contributed by atoms with van der Waals surface area (Å²) in [6.07, 6.45) is 1.15. The molecule has 0 radical (unpaired) electrons. The molecule has 0 saturated carbocycles. The van der Waals surface area contributed by atoms with Crippen LogP contribution in [-0.4, -0.2) is 47.9 Å². The van der Waals surface area contributed by atoms with Crippen LogP contribution in [0.15, 0.2) is 164 Å². The number of hydrogen-bond donors (Lipinski definition) is 0. The molecule has 1 aliphatic rings. The van der Waals surface area contributed by atoms with E-state index in [0.717, 1.165) is 22.3 Å². The fourth-order valence-corrected chi connectivity index (χ4v) is 6.63. The van der Waals surface area contributed by atoms with Crippen molar-refractivity contribution in [3.63, 3.8) is 0 Å². The number of nitrogens with zero attached hydrogens (tertiary/aromatic N) is 1. The predicted octanol–water partition coefficient (Wildman–Crippen LogP) is 8.43. The summed E-state index contributed by atoms with van der Waals surface area (Å²) in [5.41, 5.74) is 4.80. The molecule has 1 heterocycles. The first-order chi connectivity index (χ1) is 24.7. The van der Waals surface area contributed by atoms with Crippen LogP contribution in [0.5, 0.6) is 0 Å². The van der Waals surface area contributed by atoms with Gasteiger partial charge < -0.3 is 18.9 Å². The lowest BCUT2D eigenvalue weighted by atomic mass is 9.85. The van der Waals surface area contributed by atoms with Gasteiger partial charge in [-0.25, -0.2) is 4.79 Å². The van der Waals surface area contributed by atoms with Crippen molar-refractivity contribution in [3.05, 3.63) is 192 Å². The van der Waals surface area contributed by atoms with Gasteiger partial charge in [-0.15, -0.1) is 6.58 Å². The van der Waals surface area contributed by atoms with Crippen LogP contribution in [0.25, 0.3) is 0 Å². The Morgan fingerprint density at radius 2 is 0.940 bits per heavy atom. The lowest BCUT2D eigenvalue weighted by Gasteiger charge is -2.53. The molecule has 0 aliphatic carbocycles. The van der Waals surface area contributed by atoms with Crippen molar-refractivity contribution in [3.8, 4) is 0 Å². The quantitative estimate of drug-likeness (QED) is 0.0778. The van der Waals surface area contributed by atoms with E-state index in [2.05, 4.69) is 60.0 Å². The third-order valence-electron chi connectivity index (χ3n) is 9.12. The predicted molar refractivity (Wildman–Crippen MR) is 196 cm³/mol. The molecule has 1 saturated heterocycles. The van der Waals surface area contributed by atoms with Gasteiger partial charge in [-0.1, -0.05) is 146 Å². The molecule has 0 amide bonds. The van der Waals surface area contributed by atoms with Crippen molar-refractivity contribution >= 4 is 5.97 Å². The molecule has 5 atom stereocenters. The van der Waals surface area contributed by atoms with Gasteiger partial charge in [-0.2, -0.15) is 0 Å². The summed E-state index contributed by atoms with van der Waals surface area (Å²) in [6, 6.07) is 49.4. The second-order valence-corrected chi connectivity index (χ2v) is 12.6. The largest absolute Gasteiger partial charge is 0.460 e. The van der Waals surface area contributed by atoms with E-state index in [1.54, 1.807) is 12.1 Å². The number of carbonyl (C=O) groups is 1. The van der Waals surface area contributed by atoms with E-state index in [0.29, 0.717) is 38.3 Å². The Morgan fingerprint density at radius 1 is 0.540 bits per heavy atom. The van der Waals surface area contributed by atoms with Gasteiger partial charge in [-0.3, -0.25) is 4.90 Å². The van der Waals surface area contributed by atoms with Gasteiger partial charge in [0.1, 0.15) is 24.9 Å². The van der Waals surface area contributed by atoms with E-state index in [9.17, 15) is 4.79 Å². The average Bonchev–Trinajstić information content (AvgIpc) is 3.18. The van der Waals surface area contributed by atoms with Gasteiger partial charge in [0.15, 0.2) is 0 Å². The Labute approximate surface area is 295 Å². The zero-order valence-electron chi connectivity index (χ0n) is 28.3. The highest BCUT2D eigenvalue weighted by Gasteiger charge is 2.51. The van der Waals surface area contributed by atoms with Crippen LogP contribution >= 0.6 is 0 Å². The number of likely N-dealkylation sites (tertiary alicyclic amines) is 1. The first-order valence-corrected chi connectivity index (χ1v) is 17.3. The van der Waals surface area contributed by atoms with E-state index >= 15 is 0 Å². The summed E-state index contributed by atoms with van der Waals surface area (Å²) in [5.74, 6) is -0.378. The third kappa shape index (κ3) is 9.43. The molecule has 0 unspecified atom stereocenters. The number of esters is 1. The molecule has 0 aromatic heterocycles. The van der Waals surface area contributed by atoms with Crippen LogP contribution < -0.4 is 0 Å². The molecule has 1 fully saturated rings. The Morgan fingerprint density at radius 3 is 1.40 bits per heavy atom. The summed E-state index contributed by atoms with van der Waals surface area (Å²) >= 11 is 0. The van der Waals surface area contributed by atoms with Crippen LogP contribution in [0.1, 0.15) is 39.0 Å². The van der Waals surface area contributed by atoms with Gasteiger partial charge >= 0.3 is 5.97 Å². The van der Waals surface area contributed by atoms with Crippen LogP contribution in [0.3, 0.4) is 0 Å². The lowest BCUT2D eigenvalue weighted by molar-refractivity contribution is -0.228. The molecule has 1 aliphatic heterocycles. The zero-order chi connectivity index (χ0) is 34.4. The molecule has 0 bridgehead atoms. The van der Waals surface area contributed by atoms with Crippen LogP contribution in [0, 0.1) is 0 Å². The standard InChI is InChI=1S/C44H45NO5/c1-2-18-39-41(47-30-35-21-10-4-11-22-35)43(49-32-37-25-14-6-15-26-37)42(48-31-36-23-12-5-13-24-36)40(45(39)29-34-19-8-3-9-20-34)33-50-44(46)38-27-16-7-17-28-38/h2-17,19-28,39-43H,1,18,29-33H2/t39-,40+,41-,42+,43+/m0/s1. The second-order valence-electron chi connectivity index (χ2n) is 12.6. The van der Waals surface area contributed by atoms with Crippen molar-refractivity contribution in [1.29, 1.82) is 0 Å². The molecule has 0 spiro atoms. The average molecular weight is 668 g/mol. The highest BCUT2D eigenvalue weighted by molar-refractivity contribution is 5.89. The second kappa shape index (κ2) is 18.2. The molecule has 0 N–H and O–H groups in total. The van der Waals surface area contributed by atoms with Gasteiger partial charge in [-0.05, 0) is 40.8 Å². The maximum atomic E-state index is 13.4. The number of carbonyl (C=O) groups excluding carboxylic acids is 1. The molecular formula is C44H45NO5. The minimum absolute atomic E-state index is 0.101. The van der Waals surface area contributed by atoms with Gasteiger partial charge in [0.05, 0.1) is 31.4 Å². The zero-order valence-corrected chi connectivity index (χ0v) is 28.3. The Bertz CT molecular complexity index is 1720. The summed E-state index contributed by atoms with van der Waals surface area (Å²) in [7, 11) is 0. The van der Waals surface area contributed by atoms with Gasteiger partial charge in [0, 0.05) is 12.6 Å². The van der Waals surface area contributed by atoms with Crippen LogP contribution in [0.4, 0.5) is 0 Å². The topological polar surface area (TPSA) is 57.2 Å². The third-order valence-corrected chi connectivity index (χ3v) is 9.12. The minimum Gasteiger partial charge on any atom is -0.460 e. The van der Waals surface area contributed by atoms with E-state index in [4.69, 9.17) is 18.9 Å². The normalized spacial score (nSPS) is 20.6. The number of benzene rings is 5. The number of ether oxygens (including phenoxy) is 4. The molecular weight excluding hydrogens is 622 g/mol. The Kier molecular flexibility index (Phi) is 12.8. The maximum absolute atomic E-state index is 13.4. The van der Waals surface area contributed by atoms with Crippen molar-refractivity contribution in [2.75, 3.05) is 6.61 Å². The smallest absolute Gasteiger partial charge is 0.338 e. The van der Waals surface area contributed by atoms with Gasteiger partial charge in [0.25, 0.3) is 0 Å². The van der Waals surface area contributed by atoms with E-state index in [-0.39, 0.29) is 24.7 Å². The summed E-state index contributed by atoms with van der Waals surface area (Å²) in [4.78, 5) is 15.8. The van der Waals surface area contributed by atoms with Crippen LogP contribution in [-0.2, 0) is 45.3 Å². The summed E-state index contributed by atoms with van der Waals surface area (Å²) < 4.78 is 26.9. The molecule has 256 valence electrons. The molecule has 6 nitrogen and oxygen atoms in total. The van der Waals surface area contributed by atoms with E-state index in [1.807, 2.05) is 97.1 Å². The van der Waals surface area contributed by atoms with E-state index < -0.39 is 18.3 Å². The highest BCUT2D eigenvalue weighted by atomic mass is 16.6. The highest BCUT2D eigenvalue weighted by Crippen LogP contribution is 2.36. The first-order valence-electron chi connectivity index (χ1n) is 17.3. The first kappa shape index (κ1) is 35.0. The fraction of sp³-hybridized carbons (Fsp3) is 0.250. The number of piperidine rings is 1. The number of hydrogen-bond acceptors (Lipinski definition) is 6. The fourth-order valence-electron chi connectivity index (χ4n) is 6.63. The van der Waals surface area contributed by atoms with Crippen molar-refractivity contribution < 1.29 is 23.7 Å². The monoisotopic (exact) mass is 667 g/mol. The summed E-state index contributed by atoms with van der Waals surface area (Å²) in [5, 5.41) is 0. The van der Waals surface area contributed by atoms with Gasteiger partial charge in [0.2, 0.25) is 0 Å². The number of rotatable bonds is 16. The van der Waals surface area contributed by atoms with Crippen molar-refractivity contribution in [2.45, 2.75) is 63.2 Å².